The first-order valence-corrected chi connectivity index (χ1v) is 7.36. The van der Waals surface area contributed by atoms with Crippen molar-refractivity contribution < 1.29 is 9.53 Å². The Labute approximate surface area is 136 Å². The van der Waals surface area contributed by atoms with Crippen molar-refractivity contribution in [2.75, 3.05) is 7.11 Å². The second-order valence-electron chi connectivity index (χ2n) is 5.41. The molecule has 0 aliphatic heterocycles. The number of nitrogens with zero attached hydrogens (tertiary/aromatic N) is 1. The summed E-state index contributed by atoms with van der Waals surface area (Å²) in [6.45, 7) is 0. The van der Waals surface area contributed by atoms with Crippen LogP contribution in [-0.4, -0.2) is 28.0 Å². The molecule has 0 atom stereocenters. The number of benzene rings is 2. The van der Waals surface area contributed by atoms with E-state index in [-0.39, 0.29) is 5.56 Å². The van der Waals surface area contributed by atoms with E-state index in [0.717, 1.165) is 16.4 Å². The predicted octanol–water partition coefficient (Wildman–Crippen LogP) is 2.86. The van der Waals surface area contributed by atoms with E-state index in [4.69, 9.17) is 4.74 Å². The van der Waals surface area contributed by atoms with Gasteiger partial charge in [-0.2, -0.15) is 0 Å². The number of aromatic nitrogens is 3. The summed E-state index contributed by atoms with van der Waals surface area (Å²) in [5, 5.41) is 0.919. The highest BCUT2D eigenvalue weighted by Gasteiger charge is 2.12. The molecule has 24 heavy (non-hydrogen) atoms. The van der Waals surface area contributed by atoms with Crippen LogP contribution in [0.2, 0.25) is 0 Å². The maximum atomic E-state index is 12.3. The summed E-state index contributed by atoms with van der Waals surface area (Å²) >= 11 is 0. The van der Waals surface area contributed by atoms with E-state index in [0.29, 0.717) is 22.5 Å². The molecule has 2 aromatic carbocycles. The van der Waals surface area contributed by atoms with Gasteiger partial charge in [-0.3, -0.25) is 4.79 Å². The fourth-order valence-corrected chi connectivity index (χ4v) is 2.70. The van der Waals surface area contributed by atoms with Gasteiger partial charge in [0.25, 0.3) is 5.56 Å². The number of para-hydroxylation sites is 1. The van der Waals surface area contributed by atoms with Gasteiger partial charge in [0, 0.05) is 5.52 Å². The van der Waals surface area contributed by atoms with E-state index in [2.05, 4.69) is 15.0 Å². The minimum absolute atomic E-state index is 0.221. The van der Waals surface area contributed by atoms with Crippen molar-refractivity contribution in [1.29, 1.82) is 0 Å². The topological polar surface area (TPSA) is 87.8 Å². The third-order valence-electron chi connectivity index (χ3n) is 3.91. The van der Waals surface area contributed by atoms with Gasteiger partial charge in [-0.1, -0.05) is 18.2 Å². The molecule has 0 aliphatic carbocycles. The Morgan fingerprint density at radius 3 is 2.71 bits per heavy atom. The second-order valence-corrected chi connectivity index (χ2v) is 5.41. The molecular weight excluding hydrogens is 306 g/mol. The highest BCUT2D eigenvalue weighted by Crippen LogP contribution is 2.21. The largest absolute Gasteiger partial charge is 0.465 e. The second kappa shape index (κ2) is 5.34. The maximum absolute atomic E-state index is 12.3. The Morgan fingerprint density at radius 1 is 1.04 bits per heavy atom. The Kier molecular flexibility index (Phi) is 3.16. The molecule has 0 unspecified atom stereocenters. The first-order chi connectivity index (χ1) is 11.7. The molecule has 0 aliphatic rings. The SMILES string of the molecule is COC(=O)c1ccc2[nH]c(-c3cc4ccccc4[nH]c3=O)nc2c1. The minimum Gasteiger partial charge on any atom is -0.465 e. The molecule has 0 amide bonds. The Bertz CT molecular complexity index is 1140. The Morgan fingerprint density at radius 2 is 1.88 bits per heavy atom. The monoisotopic (exact) mass is 319 g/mol. The third-order valence-corrected chi connectivity index (χ3v) is 3.91. The lowest BCUT2D eigenvalue weighted by atomic mass is 10.1. The third kappa shape index (κ3) is 2.25. The highest BCUT2D eigenvalue weighted by molar-refractivity contribution is 5.94. The van der Waals surface area contributed by atoms with Gasteiger partial charge in [-0.15, -0.1) is 0 Å². The van der Waals surface area contributed by atoms with E-state index >= 15 is 0 Å². The normalized spacial score (nSPS) is 11.0. The number of H-pyrrole nitrogens is 2. The molecule has 0 saturated carbocycles. The number of ether oxygens (including phenoxy) is 1. The van der Waals surface area contributed by atoms with Gasteiger partial charge in [-0.05, 0) is 35.7 Å². The van der Waals surface area contributed by atoms with Crippen LogP contribution in [0.5, 0.6) is 0 Å². The van der Waals surface area contributed by atoms with Crippen LogP contribution in [0.15, 0.2) is 53.3 Å². The molecule has 6 nitrogen and oxygen atoms in total. The van der Waals surface area contributed by atoms with Crippen LogP contribution in [0.4, 0.5) is 0 Å². The van der Waals surface area contributed by atoms with E-state index < -0.39 is 5.97 Å². The number of esters is 1. The zero-order valence-electron chi connectivity index (χ0n) is 12.8. The first kappa shape index (κ1) is 14.2. The molecule has 0 fully saturated rings. The van der Waals surface area contributed by atoms with Gasteiger partial charge in [0.2, 0.25) is 0 Å². The number of carbonyl (C=O) groups is 1. The fourth-order valence-electron chi connectivity index (χ4n) is 2.70. The molecule has 2 N–H and O–H groups in total. The lowest BCUT2D eigenvalue weighted by Crippen LogP contribution is -2.09. The summed E-state index contributed by atoms with van der Waals surface area (Å²) in [6, 6.07) is 14.4. The average molecular weight is 319 g/mol. The van der Waals surface area contributed by atoms with Crippen LogP contribution >= 0.6 is 0 Å². The zero-order chi connectivity index (χ0) is 16.7. The zero-order valence-corrected chi connectivity index (χ0v) is 12.8. The molecule has 2 heterocycles. The van der Waals surface area contributed by atoms with E-state index in [1.165, 1.54) is 7.11 Å². The molecule has 2 aromatic heterocycles. The smallest absolute Gasteiger partial charge is 0.337 e. The molecule has 6 heteroatoms. The number of hydrogen-bond donors (Lipinski definition) is 2. The van der Waals surface area contributed by atoms with Crippen molar-refractivity contribution >= 4 is 27.9 Å². The van der Waals surface area contributed by atoms with Gasteiger partial charge >= 0.3 is 5.97 Å². The molecule has 0 spiro atoms. The van der Waals surface area contributed by atoms with Gasteiger partial charge < -0.3 is 14.7 Å². The number of rotatable bonds is 2. The van der Waals surface area contributed by atoms with E-state index in [1.54, 1.807) is 24.3 Å². The van der Waals surface area contributed by atoms with Crippen molar-refractivity contribution in [2.45, 2.75) is 0 Å². The number of carbonyl (C=O) groups excluding carboxylic acids is 1. The van der Waals surface area contributed by atoms with Crippen molar-refractivity contribution in [3.63, 3.8) is 0 Å². The quantitative estimate of drug-likeness (QED) is 0.556. The molecule has 0 radical (unpaired) electrons. The van der Waals surface area contributed by atoms with Crippen molar-refractivity contribution in [3.8, 4) is 11.4 Å². The molecule has 0 saturated heterocycles. The lowest BCUT2D eigenvalue weighted by Gasteiger charge is -2.00. The summed E-state index contributed by atoms with van der Waals surface area (Å²) in [7, 11) is 1.33. The highest BCUT2D eigenvalue weighted by atomic mass is 16.5. The van der Waals surface area contributed by atoms with Gasteiger partial charge in [0.15, 0.2) is 0 Å². The Hall–Kier alpha value is -3.41. The molecule has 4 aromatic rings. The Balaban J connectivity index is 1.89. The van der Waals surface area contributed by atoms with E-state index in [9.17, 15) is 9.59 Å². The van der Waals surface area contributed by atoms with Crippen molar-refractivity contribution in [2.24, 2.45) is 0 Å². The van der Waals surface area contributed by atoms with Crippen LogP contribution in [0, 0.1) is 0 Å². The van der Waals surface area contributed by atoms with Crippen molar-refractivity contribution in [3.05, 3.63) is 64.4 Å². The summed E-state index contributed by atoms with van der Waals surface area (Å²) in [5.74, 6) is 0.0315. The minimum atomic E-state index is -0.426. The number of fused-ring (bicyclic) bond motifs is 2. The summed E-state index contributed by atoms with van der Waals surface area (Å²) < 4.78 is 4.71. The van der Waals surface area contributed by atoms with E-state index in [1.807, 2.05) is 24.3 Å². The molecule has 4 rings (SSSR count). The fraction of sp³-hybridized carbons (Fsp3) is 0.0556. The number of imidazole rings is 1. The van der Waals surface area contributed by atoms with Crippen LogP contribution in [0.25, 0.3) is 33.3 Å². The number of hydrogen-bond acceptors (Lipinski definition) is 4. The van der Waals surface area contributed by atoms with Gasteiger partial charge in [0.1, 0.15) is 5.82 Å². The number of nitrogens with one attached hydrogen (secondary N) is 2. The van der Waals surface area contributed by atoms with Gasteiger partial charge in [0.05, 0.1) is 29.3 Å². The summed E-state index contributed by atoms with van der Waals surface area (Å²) in [6.07, 6.45) is 0. The predicted molar refractivity (Wildman–Crippen MR) is 91.0 cm³/mol. The van der Waals surface area contributed by atoms with Gasteiger partial charge in [-0.25, -0.2) is 9.78 Å². The standard InChI is InChI=1S/C18H13N3O3/c1-24-18(23)11-6-7-14-15(9-11)20-16(19-14)12-8-10-4-2-3-5-13(10)21-17(12)22/h2-9H,1H3,(H,19,20)(H,21,22). The van der Waals surface area contributed by atoms with Crippen molar-refractivity contribution in [1.82, 2.24) is 15.0 Å². The summed E-state index contributed by atoms with van der Waals surface area (Å²) in [4.78, 5) is 34.4. The number of aromatic amines is 2. The average Bonchev–Trinajstić information content (AvgIpc) is 3.03. The first-order valence-electron chi connectivity index (χ1n) is 7.36. The lowest BCUT2D eigenvalue weighted by molar-refractivity contribution is 0.0601. The van der Waals surface area contributed by atoms with Crippen LogP contribution < -0.4 is 5.56 Å². The van der Waals surface area contributed by atoms with Crippen LogP contribution in [0.3, 0.4) is 0 Å². The maximum Gasteiger partial charge on any atom is 0.337 e. The molecule has 118 valence electrons. The number of pyridine rings is 1. The molecular formula is C18H13N3O3. The summed E-state index contributed by atoms with van der Waals surface area (Å²) in [5.41, 5.74) is 2.75. The van der Waals surface area contributed by atoms with Crippen LogP contribution in [-0.2, 0) is 4.74 Å². The molecule has 0 bridgehead atoms. The van der Waals surface area contributed by atoms with Crippen LogP contribution in [0.1, 0.15) is 10.4 Å². The number of methoxy groups -OCH3 is 1.